The first-order valence-corrected chi connectivity index (χ1v) is 2.24. The molecule has 1 fully saturated rings. The van der Waals surface area contributed by atoms with Crippen LogP contribution in [0.4, 0.5) is 0 Å². The van der Waals surface area contributed by atoms with Crippen LogP contribution in [0.2, 0.25) is 0 Å². The second kappa shape index (κ2) is 5.40. The second-order valence-corrected chi connectivity index (χ2v) is 1.35. The molecule has 0 atom stereocenters. The van der Waals surface area contributed by atoms with Crippen molar-refractivity contribution in [1.82, 2.24) is 0 Å². The summed E-state index contributed by atoms with van der Waals surface area (Å²) < 4.78 is 0. The number of rotatable bonds is 0. The topological polar surface area (TPSA) is 18.5 Å². The summed E-state index contributed by atoms with van der Waals surface area (Å²) in [7, 11) is 0. The average molecular weight is 238 g/mol. The van der Waals surface area contributed by atoms with Crippen LogP contribution in [-0.4, -0.2) is 13.2 Å². The number of hydrogen-bond acceptors (Lipinski definition) is 2. The third-order valence-corrected chi connectivity index (χ3v) is 0.789. The minimum atomic E-state index is 0. The molecule has 0 unspecified atom stereocenters. The Morgan fingerprint density at radius 2 is 1.29 bits per heavy atom. The van der Waals surface area contributed by atoms with Gasteiger partial charge >= 0.3 is 0 Å². The zero-order chi connectivity index (χ0) is 4.24. The van der Waals surface area contributed by atoms with Crippen molar-refractivity contribution in [2.24, 2.45) is 0 Å². The quantitative estimate of drug-likeness (QED) is 0.579. The summed E-state index contributed by atoms with van der Waals surface area (Å²) in [6.45, 7) is 1.56. The van der Waals surface area contributed by atoms with Crippen molar-refractivity contribution in [3.05, 3.63) is 0 Å². The Morgan fingerprint density at radius 3 is 1.43 bits per heavy atom. The standard InChI is InChI=1S/C4H8O2.Sm/c1-2-4-6-5-3-1;/h1-4H2;. The molecule has 3 heteroatoms. The maximum absolute atomic E-state index is 4.57. The number of hydrogen-bond donors (Lipinski definition) is 0. The summed E-state index contributed by atoms with van der Waals surface area (Å²) in [5, 5.41) is 0. The maximum Gasteiger partial charge on any atom is 0.0823 e. The molecule has 1 heterocycles. The van der Waals surface area contributed by atoms with Crippen molar-refractivity contribution in [3.63, 3.8) is 0 Å². The van der Waals surface area contributed by atoms with Gasteiger partial charge in [-0.2, -0.15) is 0 Å². The average Bonchev–Trinajstić information content (AvgIpc) is 1.72. The molecule has 1 rings (SSSR count). The molecule has 0 aromatic rings. The Bertz CT molecular complexity index is 25.2. The minimum absolute atomic E-state index is 0. The Balaban J connectivity index is 0.000000360. The molecule has 0 saturated carbocycles. The monoisotopic (exact) mass is 240 g/mol. The molecule has 2 nitrogen and oxygen atoms in total. The van der Waals surface area contributed by atoms with Crippen LogP contribution < -0.4 is 0 Å². The van der Waals surface area contributed by atoms with Gasteiger partial charge in [0.15, 0.2) is 0 Å². The van der Waals surface area contributed by atoms with Crippen molar-refractivity contribution in [3.8, 4) is 0 Å². The fourth-order valence-electron chi connectivity index (χ4n) is 0.440. The Morgan fingerprint density at radius 1 is 0.857 bits per heavy atom. The molecule has 0 aromatic heterocycles. The molecule has 0 spiro atoms. The van der Waals surface area contributed by atoms with E-state index in [1.165, 1.54) is 0 Å². The molecule has 7 heavy (non-hydrogen) atoms. The summed E-state index contributed by atoms with van der Waals surface area (Å²) >= 11 is 0. The van der Waals surface area contributed by atoms with E-state index in [0.29, 0.717) is 0 Å². The van der Waals surface area contributed by atoms with Gasteiger partial charge in [0.2, 0.25) is 0 Å². The summed E-state index contributed by atoms with van der Waals surface area (Å²) in [5.74, 6) is 0. The summed E-state index contributed by atoms with van der Waals surface area (Å²) in [5.41, 5.74) is 0. The van der Waals surface area contributed by atoms with Crippen LogP contribution in [0.25, 0.3) is 0 Å². The molecule has 42 valence electrons. The van der Waals surface area contributed by atoms with E-state index in [4.69, 9.17) is 0 Å². The molecule has 0 N–H and O–H groups in total. The van der Waals surface area contributed by atoms with E-state index in [1.807, 2.05) is 0 Å². The fraction of sp³-hybridized carbons (Fsp3) is 1.00. The second-order valence-electron chi connectivity index (χ2n) is 1.35. The van der Waals surface area contributed by atoms with Crippen LogP contribution in [0.15, 0.2) is 0 Å². The Labute approximate surface area is 75.6 Å². The zero-order valence-electron chi connectivity index (χ0n) is 4.05. The third-order valence-electron chi connectivity index (χ3n) is 0.789. The van der Waals surface area contributed by atoms with E-state index >= 15 is 0 Å². The SMILES string of the molecule is C1CCOOC1.[Sm]. The Kier molecular flexibility index (Phi) is 6.36. The van der Waals surface area contributed by atoms with E-state index in [0.717, 1.165) is 26.1 Å². The molecule has 0 radical (unpaired) electrons. The largest absolute Gasteiger partial charge is 0.237 e. The van der Waals surface area contributed by atoms with Crippen molar-refractivity contribution in [2.45, 2.75) is 12.8 Å². The van der Waals surface area contributed by atoms with Crippen LogP contribution in [0, 0.1) is 40.4 Å². The molecule has 1 aliphatic heterocycles. The van der Waals surface area contributed by atoms with Gasteiger partial charge in [0, 0.05) is 40.4 Å². The molecule has 0 aliphatic carbocycles. The molecular formula is C4H8O2Sm. The molecule has 0 bridgehead atoms. The van der Waals surface area contributed by atoms with E-state index in [9.17, 15) is 0 Å². The molecule has 0 aromatic carbocycles. The minimum Gasteiger partial charge on any atom is -0.237 e. The Hall–Kier alpha value is 1.26. The van der Waals surface area contributed by atoms with E-state index in [-0.39, 0.29) is 40.4 Å². The van der Waals surface area contributed by atoms with Gasteiger partial charge in [-0.25, -0.2) is 9.78 Å². The summed E-state index contributed by atoms with van der Waals surface area (Å²) in [6.07, 6.45) is 2.31. The summed E-state index contributed by atoms with van der Waals surface area (Å²) in [6, 6.07) is 0. The summed E-state index contributed by atoms with van der Waals surface area (Å²) in [4.78, 5) is 9.14. The third kappa shape index (κ3) is 3.81. The maximum atomic E-state index is 4.57. The van der Waals surface area contributed by atoms with Gasteiger partial charge in [0.05, 0.1) is 13.2 Å². The molecule has 0 amide bonds. The first-order valence-electron chi connectivity index (χ1n) is 2.24. The van der Waals surface area contributed by atoms with Crippen molar-refractivity contribution < 1.29 is 50.2 Å². The normalized spacial score (nSPS) is 20.6. The first-order chi connectivity index (χ1) is 3.00. The van der Waals surface area contributed by atoms with Gasteiger partial charge in [0.25, 0.3) is 0 Å². The van der Waals surface area contributed by atoms with E-state index in [2.05, 4.69) is 9.78 Å². The fourth-order valence-corrected chi connectivity index (χ4v) is 0.440. The van der Waals surface area contributed by atoms with E-state index in [1.54, 1.807) is 0 Å². The predicted molar refractivity (Wildman–Crippen MR) is 21.1 cm³/mol. The van der Waals surface area contributed by atoms with Crippen molar-refractivity contribution >= 4 is 0 Å². The van der Waals surface area contributed by atoms with E-state index < -0.39 is 0 Å². The smallest absolute Gasteiger partial charge is 0.0823 e. The van der Waals surface area contributed by atoms with Gasteiger partial charge < -0.3 is 0 Å². The van der Waals surface area contributed by atoms with Gasteiger partial charge in [0.1, 0.15) is 0 Å². The van der Waals surface area contributed by atoms with Gasteiger partial charge in [-0.1, -0.05) is 0 Å². The van der Waals surface area contributed by atoms with Crippen molar-refractivity contribution in [2.75, 3.05) is 13.2 Å². The van der Waals surface area contributed by atoms with Crippen LogP contribution in [0.3, 0.4) is 0 Å². The van der Waals surface area contributed by atoms with Gasteiger partial charge in [-0.15, -0.1) is 0 Å². The van der Waals surface area contributed by atoms with Crippen LogP contribution >= 0.6 is 0 Å². The van der Waals surface area contributed by atoms with Gasteiger partial charge in [-0.05, 0) is 12.8 Å². The predicted octanol–water partition coefficient (Wildman–Crippen LogP) is 0.728. The van der Waals surface area contributed by atoms with Crippen molar-refractivity contribution in [1.29, 1.82) is 0 Å². The molecule has 1 aliphatic rings. The van der Waals surface area contributed by atoms with Crippen LogP contribution in [-0.2, 0) is 9.78 Å². The zero-order valence-corrected chi connectivity index (χ0v) is 6.67. The molecular weight excluding hydrogens is 230 g/mol. The molecule has 1 saturated heterocycles. The van der Waals surface area contributed by atoms with Crippen LogP contribution in [0.1, 0.15) is 12.8 Å². The van der Waals surface area contributed by atoms with Gasteiger partial charge in [-0.3, -0.25) is 0 Å². The van der Waals surface area contributed by atoms with Crippen LogP contribution in [0.5, 0.6) is 0 Å². The first kappa shape index (κ1) is 8.26.